The van der Waals surface area contributed by atoms with E-state index < -0.39 is 11.1 Å². The first-order chi connectivity index (χ1) is 17.1. The number of fused-ring (bicyclic) bond motifs is 1. The minimum absolute atomic E-state index is 0.166. The van der Waals surface area contributed by atoms with Crippen molar-refractivity contribution in [2.45, 2.75) is 25.9 Å². The summed E-state index contributed by atoms with van der Waals surface area (Å²) in [5.41, 5.74) is 1.90. The summed E-state index contributed by atoms with van der Waals surface area (Å²) in [4.78, 5) is 40.8. The molecule has 3 aromatic carbocycles. The number of hydrogen-bond donors (Lipinski definition) is 0. The molecule has 0 saturated carbocycles. The van der Waals surface area contributed by atoms with Gasteiger partial charge in [-0.25, -0.2) is 0 Å². The van der Waals surface area contributed by atoms with Crippen LogP contribution in [0.2, 0.25) is 0 Å². The SMILES string of the molecule is O=C(CN1C(=O)S/C(=C\c2ccc(OCc3cccc4ccccc34)cc2)C1=O)N1CCCCC1. The van der Waals surface area contributed by atoms with Gasteiger partial charge in [0.15, 0.2) is 0 Å². The van der Waals surface area contributed by atoms with Crippen molar-refractivity contribution in [2.24, 2.45) is 0 Å². The van der Waals surface area contributed by atoms with Crippen LogP contribution in [0.1, 0.15) is 30.4 Å². The molecule has 0 bridgehead atoms. The quantitative estimate of drug-likeness (QED) is 0.433. The molecule has 0 aliphatic carbocycles. The van der Waals surface area contributed by atoms with Gasteiger partial charge in [0.25, 0.3) is 11.1 Å². The Labute approximate surface area is 208 Å². The Morgan fingerprint density at radius 1 is 0.914 bits per heavy atom. The van der Waals surface area contributed by atoms with Gasteiger partial charge in [-0.15, -0.1) is 0 Å². The molecule has 0 unspecified atom stereocenters. The molecule has 5 rings (SSSR count). The fourth-order valence-electron chi connectivity index (χ4n) is 4.41. The number of carbonyl (C=O) groups is 3. The Hall–Kier alpha value is -3.58. The molecule has 2 aliphatic heterocycles. The zero-order valence-electron chi connectivity index (χ0n) is 19.3. The number of amides is 3. The maximum absolute atomic E-state index is 12.8. The van der Waals surface area contributed by atoms with Crippen molar-refractivity contribution in [3.63, 3.8) is 0 Å². The molecule has 6 nitrogen and oxygen atoms in total. The Bertz CT molecular complexity index is 1290. The van der Waals surface area contributed by atoms with Crippen LogP contribution in [-0.2, 0) is 16.2 Å². The van der Waals surface area contributed by atoms with Crippen LogP contribution in [0.4, 0.5) is 4.79 Å². The summed E-state index contributed by atoms with van der Waals surface area (Å²) in [5.74, 6) is 0.137. The van der Waals surface area contributed by atoms with Crippen molar-refractivity contribution in [3.05, 3.63) is 82.8 Å². The molecule has 2 heterocycles. The van der Waals surface area contributed by atoms with E-state index in [0.717, 1.165) is 52.8 Å². The molecule has 7 heteroatoms. The highest BCUT2D eigenvalue weighted by Gasteiger charge is 2.37. The van der Waals surface area contributed by atoms with Gasteiger partial charge >= 0.3 is 0 Å². The average Bonchev–Trinajstić information content (AvgIpc) is 3.16. The zero-order chi connectivity index (χ0) is 24.2. The van der Waals surface area contributed by atoms with Gasteiger partial charge in [-0.05, 0) is 71.1 Å². The summed E-state index contributed by atoms with van der Waals surface area (Å²) < 4.78 is 5.98. The van der Waals surface area contributed by atoms with Crippen LogP contribution >= 0.6 is 11.8 Å². The number of hydrogen-bond acceptors (Lipinski definition) is 5. The molecule has 3 amide bonds. The topological polar surface area (TPSA) is 66.9 Å². The number of benzene rings is 3. The fourth-order valence-corrected chi connectivity index (χ4v) is 5.24. The van der Waals surface area contributed by atoms with Gasteiger partial charge in [0.2, 0.25) is 5.91 Å². The van der Waals surface area contributed by atoms with Crippen LogP contribution in [0, 0.1) is 0 Å². The molecule has 0 radical (unpaired) electrons. The van der Waals surface area contributed by atoms with E-state index in [0.29, 0.717) is 24.6 Å². The molecule has 0 N–H and O–H groups in total. The second-order valence-electron chi connectivity index (χ2n) is 8.71. The number of likely N-dealkylation sites (tertiary alicyclic amines) is 1. The van der Waals surface area contributed by atoms with Crippen molar-refractivity contribution in [3.8, 4) is 5.75 Å². The van der Waals surface area contributed by atoms with E-state index in [4.69, 9.17) is 4.74 Å². The maximum atomic E-state index is 12.8. The molecule has 0 aromatic heterocycles. The van der Waals surface area contributed by atoms with Gasteiger partial charge in [0.05, 0.1) is 4.91 Å². The number of carbonyl (C=O) groups excluding carboxylic acids is 3. The Balaban J connectivity index is 1.22. The van der Waals surface area contributed by atoms with E-state index in [9.17, 15) is 14.4 Å². The summed E-state index contributed by atoms with van der Waals surface area (Å²) in [6.07, 6.45) is 4.73. The van der Waals surface area contributed by atoms with Crippen LogP contribution in [0.25, 0.3) is 16.8 Å². The molecule has 2 aliphatic rings. The maximum Gasteiger partial charge on any atom is 0.294 e. The molecule has 0 atom stereocenters. The lowest BCUT2D eigenvalue weighted by Gasteiger charge is -2.27. The Kier molecular flexibility index (Phi) is 6.86. The normalized spacial score (nSPS) is 17.4. The van der Waals surface area contributed by atoms with Crippen LogP contribution in [0.3, 0.4) is 0 Å². The monoisotopic (exact) mass is 486 g/mol. The number of ether oxygens (including phenoxy) is 1. The third-order valence-electron chi connectivity index (χ3n) is 6.33. The third-order valence-corrected chi connectivity index (χ3v) is 7.24. The number of piperidine rings is 1. The predicted octanol–water partition coefficient (Wildman–Crippen LogP) is 5.47. The fraction of sp³-hybridized carbons (Fsp3) is 0.250. The molecular weight excluding hydrogens is 460 g/mol. The van der Waals surface area contributed by atoms with E-state index in [-0.39, 0.29) is 12.5 Å². The Morgan fingerprint density at radius 3 is 2.46 bits per heavy atom. The summed E-state index contributed by atoms with van der Waals surface area (Å²) >= 11 is 0.875. The minimum Gasteiger partial charge on any atom is -0.489 e. The van der Waals surface area contributed by atoms with Gasteiger partial charge in [-0.1, -0.05) is 54.6 Å². The molecule has 2 fully saturated rings. The van der Waals surface area contributed by atoms with Crippen LogP contribution in [-0.4, -0.2) is 46.5 Å². The second kappa shape index (κ2) is 10.4. The third kappa shape index (κ3) is 5.25. The lowest BCUT2D eigenvalue weighted by atomic mass is 10.1. The standard InChI is InChI=1S/C28H26N2O4S/c31-26(29-15-4-1-5-16-29)18-30-27(32)25(35-28(30)33)17-20-11-13-23(14-12-20)34-19-22-9-6-8-21-7-2-3-10-24(21)22/h2-3,6-14,17H,1,4-5,15-16,18-19H2/b25-17-. The number of imide groups is 1. The predicted molar refractivity (Wildman–Crippen MR) is 138 cm³/mol. The van der Waals surface area contributed by atoms with E-state index in [1.54, 1.807) is 11.0 Å². The van der Waals surface area contributed by atoms with Crippen molar-refractivity contribution in [1.82, 2.24) is 9.80 Å². The van der Waals surface area contributed by atoms with Crippen LogP contribution in [0.15, 0.2) is 71.6 Å². The van der Waals surface area contributed by atoms with Gasteiger partial charge in [0, 0.05) is 13.1 Å². The van der Waals surface area contributed by atoms with E-state index in [1.807, 2.05) is 42.5 Å². The lowest BCUT2D eigenvalue weighted by molar-refractivity contribution is -0.136. The highest BCUT2D eigenvalue weighted by molar-refractivity contribution is 8.18. The van der Waals surface area contributed by atoms with Crippen molar-refractivity contribution < 1.29 is 19.1 Å². The van der Waals surface area contributed by atoms with E-state index >= 15 is 0 Å². The summed E-state index contributed by atoms with van der Waals surface area (Å²) in [7, 11) is 0. The van der Waals surface area contributed by atoms with E-state index in [2.05, 4.69) is 24.3 Å². The van der Waals surface area contributed by atoms with Gasteiger partial charge < -0.3 is 9.64 Å². The largest absolute Gasteiger partial charge is 0.489 e. The average molecular weight is 487 g/mol. The van der Waals surface area contributed by atoms with E-state index in [1.165, 1.54) is 10.8 Å². The van der Waals surface area contributed by atoms with Crippen LogP contribution < -0.4 is 4.74 Å². The van der Waals surface area contributed by atoms with Gasteiger partial charge in [-0.3, -0.25) is 19.3 Å². The van der Waals surface area contributed by atoms with Crippen LogP contribution in [0.5, 0.6) is 5.75 Å². The zero-order valence-corrected chi connectivity index (χ0v) is 20.1. The lowest BCUT2D eigenvalue weighted by Crippen LogP contribution is -2.44. The highest BCUT2D eigenvalue weighted by atomic mass is 32.2. The highest BCUT2D eigenvalue weighted by Crippen LogP contribution is 2.32. The molecule has 178 valence electrons. The molecule has 3 aromatic rings. The number of rotatable bonds is 6. The van der Waals surface area contributed by atoms with Gasteiger partial charge in [0.1, 0.15) is 18.9 Å². The molecular formula is C28H26N2O4S. The summed E-state index contributed by atoms with van der Waals surface area (Å²) in [6.45, 7) is 1.65. The van der Waals surface area contributed by atoms with Crippen molar-refractivity contribution in [1.29, 1.82) is 0 Å². The first-order valence-electron chi connectivity index (χ1n) is 11.8. The van der Waals surface area contributed by atoms with Gasteiger partial charge in [-0.2, -0.15) is 0 Å². The van der Waals surface area contributed by atoms with Crippen molar-refractivity contribution in [2.75, 3.05) is 19.6 Å². The van der Waals surface area contributed by atoms with Crippen molar-refractivity contribution >= 4 is 45.7 Å². The first kappa shape index (κ1) is 23.2. The number of thioether (sulfide) groups is 1. The Morgan fingerprint density at radius 2 is 1.66 bits per heavy atom. The smallest absolute Gasteiger partial charge is 0.294 e. The molecule has 2 saturated heterocycles. The summed E-state index contributed by atoms with van der Waals surface area (Å²) in [6, 6.07) is 21.8. The number of nitrogens with zero attached hydrogens (tertiary/aromatic N) is 2. The summed E-state index contributed by atoms with van der Waals surface area (Å²) in [5, 5.41) is 1.94. The molecule has 35 heavy (non-hydrogen) atoms. The minimum atomic E-state index is -0.415. The second-order valence-corrected chi connectivity index (χ2v) is 9.70. The first-order valence-corrected chi connectivity index (χ1v) is 12.6. The molecule has 0 spiro atoms.